The molecule has 0 spiro atoms. The molecule has 1 atom stereocenters. The Bertz CT molecular complexity index is 302. The zero-order chi connectivity index (χ0) is 10.7. The second-order valence-electron chi connectivity index (χ2n) is 3.55. The Balaban J connectivity index is 3.07. The number of aliphatic hydroxyl groups excluding tert-OH is 1. The Morgan fingerprint density at radius 3 is 2.57 bits per heavy atom. The molecule has 1 aromatic rings. The summed E-state index contributed by atoms with van der Waals surface area (Å²) >= 11 is 6.08. The van der Waals surface area contributed by atoms with Crippen LogP contribution < -0.4 is 5.32 Å². The molecular formula is C11H16ClNO. The molecule has 0 saturated carbocycles. The van der Waals surface area contributed by atoms with E-state index in [1.165, 1.54) is 0 Å². The van der Waals surface area contributed by atoms with Gasteiger partial charge in [0.15, 0.2) is 0 Å². The Labute approximate surface area is 89.9 Å². The summed E-state index contributed by atoms with van der Waals surface area (Å²) in [6.45, 7) is 4.48. The van der Waals surface area contributed by atoms with Gasteiger partial charge in [0.25, 0.3) is 0 Å². The van der Waals surface area contributed by atoms with Crippen LogP contribution in [0.15, 0.2) is 12.1 Å². The molecule has 78 valence electrons. The first-order chi connectivity index (χ1) is 6.56. The standard InChI is InChI=1S/C11H16ClNO/c1-7-4-8(2)11(9(12)5-7)10(14)6-13-3/h4-5,10,13-14H,6H2,1-3H3. The van der Waals surface area contributed by atoms with Gasteiger partial charge >= 0.3 is 0 Å². The summed E-state index contributed by atoms with van der Waals surface area (Å²) in [5.41, 5.74) is 2.98. The fourth-order valence-corrected chi connectivity index (χ4v) is 2.09. The van der Waals surface area contributed by atoms with Gasteiger partial charge in [-0.25, -0.2) is 0 Å². The summed E-state index contributed by atoms with van der Waals surface area (Å²) in [5.74, 6) is 0. The molecule has 2 nitrogen and oxygen atoms in total. The van der Waals surface area contributed by atoms with E-state index in [9.17, 15) is 5.11 Å². The minimum Gasteiger partial charge on any atom is -0.387 e. The van der Waals surface area contributed by atoms with Gasteiger partial charge in [-0.05, 0) is 38.1 Å². The number of rotatable bonds is 3. The normalized spacial score (nSPS) is 12.9. The average Bonchev–Trinajstić information content (AvgIpc) is 2.01. The van der Waals surface area contributed by atoms with Crippen LogP contribution in [0.3, 0.4) is 0 Å². The van der Waals surface area contributed by atoms with Gasteiger partial charge in [0, 0.05) is 17.1 Å². The molecule has 0 amide bonds. The number of hydrogen-bond donors (Lipinski definition) is 2. The van der Waals surface area contributed by atoms with Crippen LogP contribution in [0.4, 0.5) is 0 Å². The molecular weight excluding hydrogens is 198 g/mol. The quantitative estimate of drug-likeness (QED) is 0.807. The van der Waals surface area contributed by atoms with Crippen LogP contribution in [0, 0.1) is 13.8 Å². The highest BCUT2D eigenvalue weighted by Crippen LogP contribution is 2.27. The van der Waals surface area contributed by atoms with Crippen LogP contribution >= 0.6 is 11.6 Å². The van der Waals surface area contributed by atoms with E-state index in [2.05, 4.69) is 5.32 Å². The maximum Gasteiger partial charge on any atom is 0.0931 e. The molecule has 1 rings (SSSR count). The highest BCUT2D eigenvalue weighted by molar-refractivity contribution is 6.31. The van der Waals surface area contributed by atoms with Crippen molar-refractivity contribution in [3.05, 3.63) is 33.8 Å². The number of aliphatic hydroxyl groups is 1. The van der Waals surface area contributed by atoms with Crippen LogP contribution in [0.2, 0.25) is 5.02 Å². The van der Waals surface area contributed by atoms with Crippen LogP contribution in [0.25, 0.3) is 0 Å². The third-order valence-electron chi connectivity index (χ3n) is 2.21. The number of hydrogen-bond acceptors (Lipinski definition) is 2. The fourth-order valence-electron chi connectivity index (χ4n) is 1.64. The monoisotopic (exact) mass is 213 g/mol. The van der Waals surface area contributed by atoms with Crippen molar-refractivity contribution in [3.8, 4) is 0 Å². The van der Waals surface area contributed by atoms with E-state index < -0.39 is 6.10 Å². The number of likely N-dealkylation sites (N-methyl/N-ethyl adjacent to an activating group) is 1. The lowest BCUT2D eigenvalue weighted by Gasteiger charge is -2.15. The number of halogens is 1. The van der Waals surface area contributed by atoms with Crippen LogP contribution in [0.5, 0.6) is 0 Å². The molecule has 0 aromatic heterocycles. The number of aryl methyl sites for hydroxylation is 2. The van der Waals surface area contributed by atoms with Crippen molar-refractivity contribution in [3.63, 3.8) is 0 Å². The summed E-state index contributed by atoms with van der Waals surface area (Å²) in [5, 5.41) is 13.4. The summed E-state index contributed by atoms with van der Waals surface area (Å²) in [6, 6.07) is 3.91. The predicted octanol–water partition coefficient (Wildman–Crippen LogP) is 2.21. The summed E-state index contributed by atoms with van der Waals surface area (Å²) < 4.78 is 0. The largest absolute Gasteiger partial charge is 0.387 e. The molecule has 2 N–H and O–H groups in total. The Morgan fingerprint density at radius 2 is 2.07 bits per heavy atom. The summed E-state index contributed by atoms with van der Waals surface area (Å²) in [6.07, 6.45) is -0.534. The molecule has 0 bridgehead atoms. The van der Waals surface area contributed by atoms with Gasteiger partial charge < -0.3 is 10.4 Å². The first-order valence-corrected chi connectivity index (χ1v) is 5.03. The highest BCUT2D eigenvalue weighted by Gasteiger charge is 2.13. The molecule has 14 heavy (non-hydrogen) atoms. The van der Waals surface area contributed by atoms with E-state index >= 15 is 0 Å². The first kappa shape index (κ1) is 11.5. The lowest BCUT2D eigenvalue weighted by molar-refractivity contribution is 0.177. The molecule has 1 unspecified atom stereocenters. The van der Waals surface area contributed by atoms with Gasteiger partial charge in [0.2, 0.25) is 0 Å². The van der Waals surface area contributed by atoms with Crippen molar-refractivity contribution in [2.24, 2.45) is 0 Å². The van der Waals surface area contributed by atoms with E-state index in [0.717, 1.165) is 16.7 Å². The molecule has 0 aliphatic heterocycles. The van der Waals surface area contributed by atoms with Gasteiger partial charge in [0.1, 0.15) is 0 Å². The van der Waals surface area contributed by atoms with Crippen LogP contribution in [-0.2, 0) is 0 Å². The lowest BCUT2D eigenvalue weighted by Crippen LogP contribution is -2.17. The fraction of sp³-hybridized carbons (Fsp3) is 0.455. The van der Waals surface area contributed by atoms with Gasteiger partial charge in [-0.15, -0.1) is 0 Å². The molecule has 0 aliphatic rings. The molecule has 0 radical (unpaired) electrons. The summed E-state index contributed by atoms with van der Waals surface area (Å²) in [4.78, 5) is 0. The van der Waals surface area contributed by atoms with E-state index in [1.807, 2.05) is 26.0 Å². The zero-order valence-corrected chi connectivity index (χ0v) is 9.52. The van der Waals surface area contributed by atoms with Crippen molar-refractivity contribution in [1.29, 1.82) is 0 Å². The number of benzene rings is 1. The highest BCUT2D eigenvalue weighted by atomic mass is 35.5. The molecule has 0 saturated heterocycles. The Kier molecular flexibility index (Phi) is 3.93. The molecule has 0 heterocycles. The lowest BCUT2D eigenvalue weighted by atomic mass is 10.0. The van der Waals surface area contributed by atoms with Crippen molar-refractivity contribution < 1.29 is 5.11 Å². The molecule has 1 aromatic carbocycles. The summed E-state index contributed by atoms with van der Waals surface area (Å²) in [7, 11) is 1.81. The van der Waals surface area contributed by atoms with Gasteiger partial charge in [-0.3, -0.25) is 0 Å². The second kappa shape index (κ2) is 4.78. The SMILES string of the molecule is CNCC(O)c1c(C)cc(C)cc1Cl. The van der Waals surface area contributed by atoms with Crippen molar-refractivity contribution in [2.45, 2.75) is 20.0 Å². The third kappa shape index (κ3) is 2.47. The minimum absolute atomic E-state index is 0.517. The second-order valence-corrected chi connectivity index (χ2v) is 3.96. The van der Waals surface area contributed by atoms with Gasteiger partial charge in [-0.2, -0.15) is 0 Å². The van der Waals surface area contributed by atoms with Gasteiger partial charge in [0.05, 0.1) is 6.10 Å². The Morgan fingerprint density at radius 1 is 1.43 bits per heavy atom. The molecule has 0 fully saturated rings. The zero-order valence-electron chi connectivity index (χ0n) is 8.76. The van der Waals surface area contributed by atoms with E-state index in [0.29, 0.717) is 11.6 Å². The van der Waals surface area contributed by atoms with Gasteiger partial charge in [-0.1, -0.05) is 17.7 Å². The molecule has 3 heteroatoms. The predicted molar refractivity (Wildman–Crippen MR) is 59.8 cm³/mol. The van der Waals surface area contributed by atoms with Crippen molar-refractivity contribution >= 4 is 11.6 Å². The first-order valence-electron chi connectivity index (χ1n) is 4.65. The van der Waals surface area contributed by atoms with Crippen LogP contribution in [0.1, 0.15) is 22.8 Å². The average molecular weight is 214 g/mol. The van der Waals surface area contributed by atoms with E-state index in [1.54, 1.807) is 7.05 Å². The topological polar surface area (TPSA) is 32.3 Å². The van der Waals surface area contributed by atoms with Crippen molar-refractivity contribution in [2.75, 3.05) is 13.6 Å². The minimum atomic E-state index is -0.534. The van der Waals surface area contributed by atoms with Crippen molar-refractivity contribution in [1.82, 2.24) is 5.32 Å². The van der Waals surface area contributed by atoms with E-state index in [4.69, 9.17) is 11.6 Å². The molecule has 0 aliphatic carbocycles. The Hall–Kier alpha value is -0.570. The maximum atomic E-state index is 9.83. The third-order valence-corrected chi connectivity index (χ3v) is 2.52. The smallest absolute Gasteiger partial charge is 0.0931 e. The van der Waals surface area contributed by atoms with Crippen LogP contribution in [-0.4, -0.2) is 18.7 Å². The number of nitrogens with one attached hydrogen (secondary N) is 1. The van der Waals surface area contributed by atoms with E-state index in [-0.39, 0.29) is 0 Å². The maximum absolute atomic E-state index is 9.83.